The number of nitrogens with zero attached hydrogens (tertiary/aromatic N) is 1. The zero-order valence-corrected chi connectivity index (χ0v) is 12.5. The summed E-state index contributed by atoms with van der Waals surface area (Å²) < 4.78 is 2.70. The van der Waals surface area contributed by atoms with E-state index in [1.807, 2.05) is 0 Å². The lowest BCUT2D eigenvalue weighted by Gasteiger charge is -2.38. The summed E-state index contributed by atoms with van der Waals surface area (Å²) in [5.74, 6) is 0. The fourth-order valence-corrected chi connectivity index (χ4v) is 19.9. The van der Waals surface area contributed by atoms with Crippen molar-refractivity contribution in [3.63, 3.8) is 0 Å². The zero-order chi connectivity index (χ0) is 9.23. The zero-order valence-electron chi connectivity index (χ0n) is 8.48. The van der Waals surface area contributed by atoms with Crippen molar-refractivity contribution in [3.8, 4) is 0 Å². The van der Waals surface area contributed by atoms with E-state index in [-0.39, 0.29) is 0 Å². The van der Waals surface area contributed by atoms with Gasteiger partial charge in [0.05, 0.1) is 17.9 Å². The summed E-state index contributed by atoms with van der Waals surface area (Å²) in [7, 11) is -2.77. The van der Waals surface area contributed by atoms with Crippen LogP contribution in [0.25, 0.3) is 0 Å². The second-order valence-corrected chi connectivity index (χ2v) is 17.2. The third-order valence-electron chi connectivity index (χ3n) is 1.73. The van der Waals surface area contributed by atoms with Gasteiger partial charge in [0.15, 0.2) is 0 Å². The van der Waals surface area contributed by atoms with Crippen LogP contribution in [0.5, 0.6) is 0 Å². The first kappa shape index (κ1) is 11.9. The summed E-state index contributed by atoms with van der Waals surface area (Å²) in [5, 5.41) is 0. The van der Waals surface area contributed by atoms with E-state index < -0.39 is 25.5 Å². The van der Waals surface area contributed by atoms with E-state index >= 15 is 0 Å². The molecule has 0 atom stereocenters. The van der Waals surface area contributed by atoms with E-state index in [2.05, 4.69) is 43.2 Å². The molecule has 0 unspecified atom stereocenters. The van der Waals surface area contributed by atoms with Gasteiger partial charge in [0.1, 0.15) is 0 Å². The van der Waals surface area contributed by atoms with Gasteiger partial charge >= 0.3 is 0 Å². The van der Waals surface area contributed by atoms with Gasteiger partial charge in [0, 0.05) is 0 Å². The van der Waals surface area contributed by atoms with Crippen molar-refractivity contribution >= 4 is 36.5 Å². The Morgan fingerprint density at radius 1 is 1.00 bits per heavy atom. The van der Waals surface area contributed by atoms with Gasteiger partial charge in [-0.05, 0) is 13.1 Å². The van der Waals surface area contributed by atoms with Crippen LogP contribution in [-0.4, -0.2) is 29.4 Å². The summed E-state index contributed by atoms with van der Waals surface area (Å²) in [6.07, 6.45) is 0. The average Bonchev–Trinajstić information content (AvgIpc) is 1.54. The van der Waals surface area contributed by atoms with E-state index in [9.17, 15) is 0 Å². The Labute approximate surface area is 79.9 Å². The predicted octanol–water partition coefficient (Wildman–Crippen LogP) is 2.20. The van der Waals surface area contributed by atoms with Gasteiger partial charge in [-0.2, -0.15) is 0 Å². The molecule has 0 radical (unpaired) electrons. The van der Waals surface area contributed by atoms with Gasteiger partial charge in [-0.25, -0.2) is 0 Å². The summed E-state index contributed by atoms with van der Waals surface area (Å²) >= 11 is 6.42. The minimum atomic E-state index is -1.48. The first-order chi connectivity index (χ1) is 4.76. The van der Waals surface area contributed by atoms with E-state index in [0.717, 1.165) is 0 Å². The van der Waals surface area contributed by atoms with Crippen molar-refractivity contribution in [2.24, 2.45) is 0 Å². The Balaban J connectivity index is 4.35. The molecule has 0 aliphatic rings. The Morgan fingerprint density at radius 3 is 1.27 bits per heavy atom. The molecule has 68 valence electrons. The Kier molecular flexibility index (Phi) is 4.57. The quantitative estimate of drug-likeness (QED) is 0.526. The lowest BCUT2D eigenvalue weighted by Crippen LogP contribution is -2.56. The molecule has 0 bridgehead atoms. The van der Waals surface area contributed by atoms with E-state index in [1.165, 1.54) is 0 Å². The molecule has 0 aromatic heterocycles. The minimum Gasteiger partial charge on any atom is -0.361 e. The van der Waals surface area contributed by atoms with Gasteiger partial charge in [0.2, 0.25) is 7.55 Å². The summed E-state index contributed by atoms with van der Waals surface area (Å²) in [6, 6.07) is 0. The SMILES string of the molecule is C[SiH](C)N([SiH](C)C)[Si](C)(C)Cl. The van der Waals surface area contributed by atoms with Crippen LogP contribution in [-0.2, 0) is 0 Å². The number of hydrogen-bond donors (Lipinski definition) is 0. The van der Waals surface area contributed by atoms with Crippen LogP contribution in [0.1, 0.15) is 0 Å². The highest BCUT2D eigenvalue weighted by atomic mass is 35.6. The van der Waals surface area contributed by atoms with Crippen molar-refractivity contribution in [2.75, 3.05) is 0 Å². The van der Waals surface area contributed by atoms with Crippen molar-refractivity contribution in [1.29, 1.82) is 0 Å². The van der Waals surface area contributed by atoms with Gasteiger partial charge in [-0.15, -0.1) is 11.1 Å². The highest BCUT2D eigenvalue weighted by Gasteiger charge is 2.31. The van der Waals surface area contributed by atoms with Crippen LogP contribution in [0, 0.1) is 0 Å². The molecule has 5 heteroatoms. The number of hydrogen-bond acceptors (Lipinski definition) is 1. The molecule has 0 rings (SSSR count). The lowest BCUT2D eigenvalue weighted by atomic mass is 11.9. The minimum absolute atomic E-state index is 0.644. The first-order valence-electron chi connectivity index (χ1n) is 4.24. The fourth-order valence-electron chi connectivity index (χ4n) is 1.82. The fraction of sp³-hybridized carbons (Fsp3) is 1.00. The molecule has 0 aliphatic heterocycles. The monoisotopic (exact) mass is 225 g/mol. The molecule has 0 aromatic carbocycles. The van der Waals surface area contributed by atoms with Gasteiger partial charge in [-0.3, -0.25) is 0 Å². The molecular weight excluding hydrogens is 206 g/mol. The molecule has 0 saturated carbocycles. The van der Waals surface area contributed by atoms with E-state index in [4.69, 9.17) is 11.1 Å². The van der Waals surface area contributed by atoms with Crippen molar-refractivity contribution in [3.05, 3.63) is 0 Å². The average molecular weight is 226 g/mol. The highest BCUT2D eigenvalue weighted by Crippen LogP contribution is 2.17. The van der Waals surface area contributed by atoms with Crippen molar-refractivity contribution in [1.82, 2.24) is 3.90 Å². The van der Waals surface area contributed by atoms with Gasteiger partial charge in [0.25, 0.3) is 0 Å². The molecule has 0 aromatic rings. The van der Waals surface area contributed by atoms with Crippen LogP contribution in [0.3, 0.4) is 0 Å². The molecule has 0 saturated heterocycles. The largest absolute Gasteiger partial charge is 0.361 e. The maximum absolute atomic E-state index is 6.42. The standard InChI is InChI=1S/C6H20ClNSi3/c1-9(2)8(10(3)4)11(5,6)7/h9-10H,1-6H3. The summed E-state index contributed by atoms with van der Waals surface area (Å²) in [4.78, 5) is 0. The first-order valence-corrected chi connectivity index (χ1v) is 13.8. The summed E-state index contributed by atoms with van der Waals surface area (Å²) in [5.41, 5.74) is 0. The second-order valence-electron chi connectivity index (χ2n) is 4.00. The second kappa shape index (κ2) is 4.23. The molecule has 11 heavy (non-hydrogen) atoms. The molecular formula is C6H20ClNSi3. The third kappa shape index (κ3) is 3.89. The van der Waals surface area contributed by atoms with Crippen molar-refractivity contribution < 1.29 is 0 Å². The molecule has 0 fully saturated rings. The van der Waals surface area contributed by atoms with Gasteiger partial charge in [-0.1, -0.05) is 26.2 Å². The Hall–Kier alpha value is 0.901. The molecule has 1 nitrogen and oxygen atoms in total. The maximum atomic E-state index is 6.42. The highest BCUT2D eigenvalue weighted by molar-refractivity contribution is 7.22. The predicted molar refractivity (Wildman–Crippen MR) is 62.9 cm³/mol. The summed E-state index contributed by atoms with van der Waals surface area (Å²) in [6.45, 7) is 14.0. The van der Waals surface area contributed by atoms with Crippen LogP contribution in [0.15, 0.2) is 0 Å². The topological polar surface area (TPSA) is 3.24 Å². The van der Waals surface area contributed by atoms with Crippen molar-refractivity contribution in [2.45, 2.75) is 39.3 Å². The molecule has 0 amide bonds. The van der Waals surface area contributed by atoms with Crippen LogP contribution >= 0.6 is 11.1 Å². The number of rotatable bonds is 3. The molecule has 0 aliphatic carbocycles. The van der Waals surface area contributed by atoms with Gasteiger partial charge < -0.3 is 3.90 Å². The molecule has 0 spiro atoms. The Bertz CT molecular complexity index is 113. The molecule has 0 N–H and O–H groups in total. The normalized spacial score (nSPS) is 13.6. The molecule has 0 heterocycles. The Morgan fingerprint density at radius 2 is 1.27 bits per heavy atom. The smallest absolute Gasteiger partial charge is 0.209 e. The number of halogens is 1. The van der Waals surface area contributed by atoms with Crippen LogP contribution in [0.2, 0.25) is 39.3 Å². The lowest BCUT2D eigenvalue weighted by molar-refractivity contribution is 0.989. The van der Waals surface area contributed by atoms with Crippen LogP contribution < -0.4 is 0 Å². The maximum Gasteiger partial charge on any atom is 0.209 e. The third-order valence-corrected chi connectivity index (χ3v) is 17.3. The van der Waals surface area contributed by atoms with Crippen LogP contribution in [0.4, 0.5) is 0 Å². The van der Waals surface area contributed by atoms with E-state index in [0.29, 0.717) is 0 Å². The van der Waals surface area contributed by atoms with E-state index in [1.54, 1.807) is 0 Å².